The summed E-state index contributed by atoms with van der Waals surface area (Å²) in [5, 5.41) is 0. The molecule has 3 nitrogen and oxygen atoms in total. The molecule has 4 heteroatoms. The van der Waals surface area contributed by atoms with Crippen molar-refractivity contribution in [3.8, 4) is 0 Å². The highest BCUT2D eigenvalue weighted by Crippen LogP contribution is 2.19. The molecule has 1 fully saturated rings. The van der Waals surface area contributed by atoms with Crippen molar-refractivity contribution in [2.24, 2.45) is 5.73 Å². The molecule has 1 unspecified atom stereocenters. The van der Waals surface area contributed by atoms with Gasteiger partial charge in [0.2, 0.25) is 0 Å². The third-order valence-electron chi connectivity index (χ3n) is 4.38. The minimum Gasteiger partial charge on any atom is -0.324 e. The summed E-state index contributed by atoms with van der Waals surface area (Å²) in [5.74, 6) is 0. The average Bonchev–Trinajstić information content (AvgIpc) is 2.45. The lowest BCUT2D eigenvalue weighted by Gasteiger charge is -2.42. The first kappa shape index (κ1) is 16.9. The van der Waals surface area contributed by atoms with Crippen molar-refractivity contribution in [1.82, 2.24) is 9.80 Å². The van der Waals surface area contributed by atoms with Gasteiger partial charge in [0, 0.05) is 48.8 Å². The summed E-state index contributed by atoms with van der Waals surface area (Å²) in [4.78, 5) is 5.11. The predicted octanol–water partition coefficient (Wildman–Crippen LogP) is 3.26. The molecule has 0 radical (unpaired) electrons. The molecule has 1 saturated heterocycles. The highest BCUT2D eigenvalue weighted by Gasteiger charge is 2.25. The van der Waals surface area contributed by atoms with Gasteiger partial charge in [-0.1, -0.05) is 28.1 Å². The van der Waals surface area contributed by atoms with Gasteiger partial charge in [-0.15, -0.1) is 0 Å². The Hall–Kier alpha value is -0.420. The number of benzene rings is 1. The number of piperazine rings is 1. The van der Waals surface area contributed by atoms with E-state index in [2.05, 4.69) is 70.8 Å². The highest BCUT2D eigenvalue weighted by atomic mass is 79.9. The predicted molar refractivity (Wildman–Crippen MR) is 93.5 cm³/mol. The highest BCUT2D eigenvalue weighted by molar-refractivity contribution is 9.10. The van der Waals surface area contributed by atoms with Crippen LogP contribution in [0.1, 0.15) is 38.8 Å². The van der Waals surface area contributed by atoms with E-state index in [4.69, 9.17) is 5.73 Å². The average molecular weight is 354 g/mol. The molecule has 1 aliphatic rings. The minimum absolute atomic E-state index is 0.138. The second-order valence-electron chi connectivity index (χ2n) is 6.95. The molecule has 1 atom stereocenters. The molecule has 0 aliphatic carbocycles. The Morgan fingerprint density at radius 1 is 1.10 bits per heavy atom. The molecule has 1 aromatic carbocycles. The van der Waals surface area contributed by atoms with Gasteiger partial charge in [0.1, 0.15) is 0 Å². The lowest BCUT2D eigenvalue weighted by atomic mass is 10.0. The largest absolute Gasteiger partial charge is 0.324 e. The lowest BCUT2D eigenvalue weighted by molar-refractivity contribution is 0.0611. The molecule has 21 heavy (non-hydrogen) atoms. The number of nitrogens with two attached hydrogens (primary N) is 1. The van der Waals surface area contributed by atoms with E-state index in [0.717, 1.165) is 43.6 Å². The second kappa shape index (κ2) is 7.23. The molecule has 2 rings (SSSR count). The zero-order valence-corrected chi connectivity index (χ0v) is 15.1. The molecular formula is C17H28BrN3. The van der Waals surface area contributed by atoms with E-state index in [9.17, 15) is 0 Å². The Labute approximate surface area is 137 Å². The van der Waals surface area contributed by atoms with Crippen molar-refractivity contribution in [2.45, 2.75) is 38.8 Å². The normalized spacial score (nSPS) is 19.7. The van der Waals surface area contributed by atoms with Gasteiger partial charge in [0.15, 0.2) is 0 Å². The molecule has 0 saturated carbocycles. The lowest BCUT2D eigenvalue weighted by Crippen LogP contribution is -2.53. The fraction of sp³-hybridized carbons (Fsp3) is 0.647. The van der Waals surface area contributed by atoms with Crippen LogP contribution >= 0.6 is 15.9 Å². The smallest absolute Gasteiger partial charge is 0.0307 e. The van der Waals surface area contributed by atoms with Crippen molar-refractivity contribution < 1.29 is 0 Å². The summed E-state index contributed by atoms with van der Waals surface area (Å²) in [6, 6.07) is 8.51. The van der Waals surface area contributed by atoms with E-state index in [1.165, 1.54) is 5.56 Å². The van der Waals surface area contributed by atoms with Crippen LogP contribution in [0.4, 0.5) is 0 Å². The van der Waals surface area contributed by atoms with Gasteiger partial charge in [-0.3, -0.25) is 4.90 Å². The van der Waals surface area contributed by atoms with E-state index in [1.807, 2.05) is 0 Å². The first-order valence-corrected chi connectivity index (χ1v) is 8.64. The second-order valence-corrected chi connectivity index (χ2v) is 7.86. The maximum atomic E-state index is 6.31. The maximum absolute atomic E-state index is 6.31. The zero-order chi connectivity index (χ0) is 15.5. The molecule has 1 aliphatic heterocycles. The number of halogens is 1. The molecule has 1 heterocycles. The number of rotatable bonds is 4. The number of hydrogen-bond donors (Lipinski definition) is 1. The summed E-state index contributed by atoms with van der Waals surface area (Å²) in [6.45, 7) is 12.6. The van der Waals surface area contributed by atoms with Gasteiger partial charge in [-0.2, -0.15) is 0 Å². The fourth-order valence-corrected chi connectivity index (χ4v) is 3.10. The Bertz CT molecular complexity index is 430. The third kappa shape index (κ3) is 5.06. The van der Waals surface area contributed by atoms with Gasteiger partial charge in [0.25, 0.3) is 0 Å². The van der Waals surface area contributed by atoms with Crippen LogP contribution in [0.5, 0.6) is 0 Å². The van der Waals surface area contributed by atoms with E-state index < -0.39 is 0 Å². The Morgan fingerprint density at radius 3 is 2.19 bits per heavy atom. The third-order valence-corrected chi connectivity index (χ3v) is 4.90. The van der Waals surface area contributed by atoms with Crippen LogP contribution in [0.15, 0.2) is 28.7 Å². The van der Waals surface area contributed by atoms with Crippen molar-refractivity contribution in [3.63, 3.8) is 0 Å². The van der Waals surface area contributed by atoms with E-state index in [-0.39, 0.29) is 6.04 Å². The monoisotopic (exact) mass is 353 g/mol. The standard InChI is InChI=1S/C17H28BrN3/c1-17(2,3)21-12-10-20(11-13-21)9-8-16(19)14-4-6-15(18)7-5-14/h4-7,16H,8-13,19H2,1-3H3. The molecule has 0 aromatic heterocycles. The summed E-state index contributed by atoms with van der Waals surface area (Å²) in [5.41, 5.74) is 7.83. The minimum atomic E-state index is 0.138. The van der Waals surface area contributed by atoms with Crippen molar-refractivity contribution >= 4 is 15.9 Å². The molecule has 2 N–H and O–H groups in total. The molecule has 0 bridgehead atoms. The van der Waals surface area contributed by atoms with E-state index in [1.54, 1.807) is 0 Å². The summed E-state index contributed by atoms with van der Waals surface area (Å²) >= 11 is 3.46. The maximum Gasteiger partial charge on any atom is 0.0307 e. The van der Waals surface area contributed by atoms with Crippen LogP contribution < -0.4 is 5.73 Å². The van der Waals surface area contributed by atoms with Crippen LogP contribution in [0, 0.1) is 0 Å². The Kier molecular flexibility index (Phi) is 5.83. The molecule has 118 valence electrons. The molecule has 1 aromatic rings. The SMILES string of the molecule is CC(C)(C)N1CCN(CCC(N)c2ccc(Br)cc2)CC1. The van der Waals surface area contributed by atoms with Crippen LogP contribution in [-0.4, -0.2) is 48.1 Å². The summed E-state index contributed by atoms with van der Waals surface area (Å²) in [7, 11) is 0. The van der Waals surface area contributed by atoms with Crippen molar-refractivity contribution in [1.29, 1.82) is 0 Å². The zero-order valence-electron chi connectivity index (χ0n) is 13.5. The van der Waals surface area contributed by atoms with Gasteiger partial charge in [-0.05, 0) is 44.9 Å². The molecule has 0 amide bonds. The first-order chi connectivity index (χ1) is 9.86. The number of nitrogens with zero attached hydrogens (tertiary/aromatic N) is 2. The quantitative estimate of drug-likeness (QED) is 0.901. The van der Waals surface area contributed by atoms with E-state index in [0.29, 0.717) is 5.54 Å². The van der Waals surface area contributed by atoms with Crippen LogP contribution in [0.2, 0.25) is 0 Å². The van der Waals surface area contributed by atoms with Crippen molar-refractivity contribution in [3.05, 3.63) is 34.3 Å². The van der Waals surface area contributed by atoms with Crippen molar-refractivity contribution in [2.75, 3.05) is 32.7 Å². The van der Waals surface area contributed by atoms with Gasteiger partial charge in [-0.25, -0.2) is 0 Å². The molecular weight excluding hydrogens is 326 g/mol. The van der Waals surface area contributed by atoms with Gasteiger partial charge >= 0.3 is 0 Å². The van der Waals surface area contributed by atoms with Gasteiger partial charge in [0.05, 0.1) is 0 Å². The topological polar surface area (TPSA) is 32.5 Å². The van der Waals surface area contributed by atoms with Crippen LogP contribution in [0.25, 0.3) is 0 Å². The van der Waals surface area contributed by atoms with E-state index >= 15 is 0 Å². The first-order valence-electron chi connectivity index (χ1n) is 7.85. The Morgan fingerprint density at radius 2 is 1.67 bits per heavy atom. The van der Waals surface area contributed by atoms with Crippen LogP contribution in [-0.2, 0) is 0 Å². The summed E-state index contributed by atoms with van der Waals surface area (Å²) < 4.78 is 1.11. The van der Waals surface area contributed by atoms with Gasteiger partial charge < -0.3 is 10.6 Å². The van der Waals surface area contributed by atoms with Crippen LogP contribution in [0.3, 0.4) is 0 Å². The molecule has 0 spiro atoms. The Balaban J connectivity index is 1.76. The fourth-order valence-electron chi connectivity index (χ4n) is 2.84. The number of hydrogen-bond acceptors (Lipinski definition) is 3. The summed E-state index contributed by atoms with van der Waals surface area (Å²) in [6.07, 6.45) is 1.02.